The van der Waals surface area contributed by atoms with Crippen LogP contribution in [-0.2, 0) is 6.54 Å². The van der Waals surface area contributed by atoms with E-state index in [1.807, 2.05) is 0 Å². The molecule has 0 unspecified atom stereocenters. The van der Waals surface area contributed by atoms with Crippen molar-refractivity contribution in [2.24, 2.45) is 0 Å². The van der Waals surface area contributed by atoms with Gasteiger partial charge >= 0.3 is 5.56 Å². The fourth-order valence-electron chi connectivity index (χ4n) is 2.70. The molecule has 146 valence electrons. The number of hydrogen-bond acceptors (Lipinski definition) is 4. The van der Waals surface area contributed by atoms with E-state index in [1.165, 1.54) is 31.5 Å². The molecule has 8 heteroatoms. The maximum absolute atomic E-state index is 13.7. The first kappa shape index (κ1) is 19.8. The van der Waals surface area contributed by atoms with Crippen LogP contribution in [-0.4, -0.2) is 16.7 Å². The SMILES string of the molecule is COc1cn(Cc2ccc(F)c(Cl)c2)c(Nc2cc(C)c(F)cc2C)nc1=O. The van der Waals surface area contributed by atoms with Crippen LogP contribution in [0.5, 0.6) is 5.75 Å². The summed E-state index contributed by atoms with van der Waals surface area (Å²) in [5, 5.41) is 3.07. The summed E-state index contributed by atoms with van der Waals surface area (Å²) < 4.78 is 33.9. The number of ether oxygens (including phenoxy) is 1. The van der Waals surface area contributed by atoms with Crippen LogP contribution in [0, 0.1) is 25.5 Å². The Balaban J connectivity index is 2.04. The van der Waals surface area contributed by atoms with Crippen molar-refractivity contribution in [2.75, 3.05) is 12.4 Å². The second kappa shape index (κ2) is 7.98. The standard InChI is InChI=1S/C20H18ClF2N3O2/c1-11-7-17(12(2)6-16(11)23)24-20-25-19(27)18(28-3)10-26(20)9-13-4-5-15(22)14(21)8-13/h4-8,10H,9H2,1-3H3,(H,24,25,27). The summed E-state index contributed by atoms with van der Waals surface area (Å²) in [6.45, 7) is 3.65. The van der Waals surface area contributed by atoms with E-state index in [1.54, 1.807) is 30.5 Å². The fourth-order valence-corrected chi connectivity index (χ4v) is 2.91. The minimum Gasteiger partial charge on any atom is -0.490 e. The van der Waals surface area contributed by atoms with Gasteiger partial charge in [-0.05, 0) is 54.8 Å². The molecule has 1 N–H and O–H groups in total. The molecule has 28 heavy (non-hydrogen) atoms. The van der Waals surface area contributed by atoms with Gasteiger partial charge in [0.05, 0.1) is 24.9 Å². The molecule has 5 nitrogen and oxygen atoms in total. The normalized spacial score (nSPS) is 10.8. The highest BCUT2D eigenvalue weighted by molar-refractivity contribution is 6.30. The summed E-state index contributed by atoms with van der Waals surface area (Å²) in [7, 11) is 1.37. The van der Waals surface area contributed by atoms with Gasteiger partial charge in [-0.25, -0.2) is 8.78 Å². The highest BCUT2D eigenvalue weighted by Gasteiger charge is 2.13. The average Bonchev–Trinajstić information content (AvgIpc) is 2.64. The molecular weight excluding hydrogens is 388 g/mol. The second-order valence-corrected chi connectivity index (χ2v) is 6.76. The lowest BCUT2D eigenvalue weighted by atomic mass is 10.1. The molecule has 0 spiro atoms. The Morgan fingerprint density at radius 2 is 1.89 bits per heavy atom. The van der Waals surface area contributed by atoms with Crippen molar-refractivity contribution < 1.29 is 13.5 Å². The van der Waals surface area contributed by atoms with Gasteiger partial charge in [0.25, 0.3) is 0 Å². The molecular formula is C20H18ClF2N3O2. The number of aryl methyl sites for hydroxylation is 2. The van der Waals surface area contributed by atoms with Crippen LogP contribution in [0.1, 0.15) is 16.7 Å². The lowest BCUT2D eigenvalue weighted by Gasteiger charge is -2.17. The largest absolute Gasteiger partial charge is 0.490 e. The Bertz CT molecular complexity index is 1100. The first-order valence-electron chi connectivity index (χ1n) is 8.41. The van der Waals surface area contributed by atoms with Gasteiger partial charge in [0, 0.05) is 5.69 Å². The molecule has 0 atom stereocenters. The topological polar surface area (TPSA) is 56.1 Å². The van der Waals surface area contributed by atoms with Gasteiger partial charge in [0.2, 0.25) is 11.7 Å². The summed E-state index contributed by atoms with van der Waals surface area (Å²) >= 11 is 5.86. The van der Waals surface area contributed by atoms with E-state index in [9.17, 15) is 13.6 Å². The summed E-state index contributed by atoms with van der Waals surface area (Å²) in [6.07, 6.45) is 1.50. The monoisotopic (exact) mass is 405 g/mol. The Morgan fingerprint density at radius 1 is 1.14 bits per heavy atom. The van der Waals surface area contributed by atoms with E-state index in [0.717, 1.165) is 0 Å². The molecule has 0 amide bonds. The quantitative estimate of drug-likeness (QED) is 0.674. The number of hydrogen-bond donors (Lipinski definition) is 1. The van der Waals surface area contributed by atoms with Crippen LogP contribution in [0.3, 0.4) is 0 Å². The smallest absolute Gasteiger partial charge is 0.316 e. The Kier molecular flexibility index (Phi) is 5.65. The lowest BCUT2D eigenvalue weighted by molar-refractivity contribution is 0.402. The van der Waals surface area contributed by atoms with Crippen molar-refractivity contribution in [2.45, 2.75) is 20.4 Å². The molecule has 0 radical (unpaired) electrons. The predicted molar refractivity (Wildman–Crippen MR) is 105 cm³/mol. The molecule has 0 saturated heterocycles. The van der Waals surface area contributed by atoms with E-state index in [-0.39, 0.29) is 29.1 Å². The molecule has 0 saturated carbocycles. The third-order valence-corrected chi connectivity index (χ3v) is 4.56. The van der Waals surface area contributed by atoms with E-state index in [4.69, 9.17) is 16.3 Å². The van der Waals surface area contributed by atoms with Gasteiger partial charge in [0.1, 0.15) is 11.6 Å². The zero-order chi connectivity index (χ0) is 20.4. The first-order valence-corrected chi connectivity index (χ1v) is 8.79. The van der Waals surface area contributed by atoms with Crippen molar-refractivity contribution in [3.05, 3.63) is 80.2 Å². The molecule has 0 aliphatic heterocycles. The van der Waals surface area contributed by atoms with Gasteiger partial charge < -0.3 is 14.6 Å². The maximum Gasteiger partial charge on any atom is 0.316 e. The summed E-state index contributed by atoms with van der Waals surface area (Å²) in [5.74, 6) is -0.535. The van der Waals surface area contributed by atoms with Crippen LogP contribution in [0.2, 0.25) is 5.02 Å². The predicted octanol–water partition coefficient (Wildman–Crippen LogP) is 4.59. The molecule has 3 aromatic rings. The van der Waals surface area contributed by atoms with Crippen molar-refractivity contribution in [1.82, 2.24) is 9.55 Å². The third-order valence-electron chi connectivity index (χ3n) is 4.27. The van der Waals surface area contributed by atoms with Gasteiger partial charge in [-0.15, -0.1) is 0 Å². The highest BCUT2D eigenvalue weighted by Crippen LogP contribution is 2.24. The number of halogens is 3. The minimum absolute atomic E-state index is 0.00187. The lowest BCUT2D eigenvalue weighted by Crippen LogP contribution is -2.19. The van der Waals surface area contributed by atoms with Crippen LogP contribution in [0.25, 0.3) is 0 Å². The number of aromatic nitrogens is 2. The number of anilines is 2. The van der Waals surface area contributed by atoms with Crippen LogP contribution in [0.4, 0.5) is 20.4 Å². The van der Waals surface area contributed by atoms with Crippen molar-refractivity contribution in [3.63, 3.8) is 0 Å². The number of nitrogens with one attached hydrogen (secondary N) is 1. The fraction of sp³-hybridized carbons (Fsp3) is 0.200. The third kappa shape index (κ3) is 4.14. The van der Waals surface area contributed by atoms with Gasteiger partial charge in [-0.1, -0.05) is 17.7 Å². The molecule has 0 aliphatic carbocycles. The van der Waals surface area contributed by atoms with Crippen molar-refractivity contribution in [1.29, 1.82) is 0 Å². The second-order valence-electron chi connectivity index (χ2n) is 6.36. The molecule has 1 aromatic heterocycles. The van der Waals surface area contributed by atoms with Crippen molar-refractivity contribution in [3.8, 4) is 5.75 Å². The molecule has 3 rings (SSSR count). The van der Waals surface area contributed by atoms with Crippen molar-refractivity contribution >= 4 is 23.2 Å². The van der Waals surface area contributed by atoms with E-state index in [0.29, 0.717) is 22.4 Å². The molecule has 0 bridgehead atoms. The first-order chi connectivity index (χ1) is 13.3. The van der Waals surface area contributed by atoms with E-state index in [2.05, 4.69) is 10.3 Å². The average molecular weight is 406 g/mol. The van der Waals surface area contributed by atoms with E-state index >= 15 is 0 Å². The molecule has 0 fully saturated rings. The minimum atomic E-state index is -0.546. The Hall–Kier alpha value is -2.93. The van der Waals surface area contributed by atoms with Crippen LogP contribution >= 0.6 is 11.6 Å². The Morgan fingerprint density at radius 3 is 2.57 bits per heavy atom. The van der Waals surface area contributed by atoms with E-state index < -0.39 is 11.4 Å². The molecule has 1 heterocycles. The number of rotatable bonds is 5. The summed E-state index contributed by atoms with van der Waals surface area (Å²) in [5.41, 5.74) is 1.89. The highest BCUT2D eigenvalue weighted by atomic mass is 35.5. The van der Waals surface area contributed by atoms with Crippen LogP contribution < -0.4 is 15.6 Å². The van der Waals surface area contributed by atoms with Gasteiger partial charge in [-0.2, -0.15) is 4.98 Å². The molecule has 2 aromatic carbocycles. The zero-order valence-electron chi connectivity index (χ0n) is 15.5. The Labute approximate surface area is 165 Å². The number of methoxy groups -OCH3 is 1. The zero-order valence-corrected chi connectivity index (χ0v) is 16.3. The van der Waals surface area contributed by atoms with Crippen LogP contribution in [0.15, 0.2) is 41.3 Å². The summed E-state index contributed by atoms with van der Waals surface area (Å²) in [4.78, 5) is 16.2. The molecule has 0 aliphatic rings. The van der Waals surface area contributed by atoms with Gasteiger partial charge in [0.15, 0.2) is 0 Å². The maximum atomic E-state index is 13.7. The number of benzene rings is 2. The van der Waals surface area contributed by atoms with Gasteiger partial charge in [-0.3, -0.25) is 4.79 Å². The number of nitrogens with zero attached hydrogens (tertiary/aromatic N) is 2. The summed E-state index contributed by atoms with van der Waals surface area (Å²) in [6, 6.07) is 7.40.